The average Bonchev–Trinajstić information content (AvgIpc) is 2.86. The van der Waals surface area contributed by atoms with E-state index in [2.05, 4.69) is 15.6 Å². The summed E-state index contributed by atoms with van der Waals surface area (Å²) in [7, 11) is 1.46. The van der Waals surface area contributed by atoms with Crippen LogP contribution in [0.1, 0.15) is 38.3 Å². The molecule has 0 fully saturated rings. The van der Waals surface area contributed by atoms with E-state index < -0.39 is 29.6 Å². The minimum absolute atomic E-state index is 0.136. The lowest BCUT2D eigenvalue weighted by Gasteiger charge is -2.33. The molecule has 9 heteroatoms. The molecule has 0 aliphatic heterocycles. The molecule has 188 valence electrons. The molecule has 0 aliphatic carbocycles. The van der Waals surface area contributed by atoms with Crippen molar-refractivity contribution in [3.8, 4) is 5.75 Å². The number of nitrogens with one attached hydrogen (secondary N) is 2. The lowest BCUT2D eigenvalue weighted by atomic mass is 10.0. The number of hydrogen-bond acceptors (Lipinski definition) is 5. The third-order valence-electron chi connectivity index (χ3n) is 5.23. The van der Waals surface area contributed by atoms with E-state index in [1.165, 1.54) is 36.3 Å². The fraction of sp³-hybridized carbons (Fsp3) is 0.259. The Balaban J connectivity index is 1.97. The summed E-state index contributed by atoms with van der Waals surface area (Å²) < 4.78 is 19.2. The standard InChI is InChI=1S/C27H29FN4O4/c1-18(2)30-27(35)26(19-11-13-20(28)14-12-19)32(21-8-4-5-9-22(21)36-3)25(34)16-15-24(33)31-23-10-6-7-17-29-23/h4-14,17-18,26H,15-16H2,1-3H3,(H,30,35)(H,29,31,33)/t26-/m1/s1. The molecule has 3 aromatic rings. The molecule has 0 aliphatic rings. The zero-order valence-electron chi connectivity index (χ0n) is 20.4. The van der Waals surface area contributed by atoms with Crippen LogP contribution in [0.15, 0.2) is 72.9 Å². The SMILES string of the molecule is COc1ccccc1N(C(=O)CCC(=O)Nc1ccccn1)[C@@H](C(=O)NC(C)C)c1ccc(F)cc1. The number of rotatable bonds is 10. The van der Waals surface area contributed by atoms with Gasteiger partial charge in [-0.2, -0.15) is 0 Å². The molecule has 8 nitrogen and oxygen atoms in total. The van der Waals surface area contributed by atoms with Gasteiger partial charge in [0.15, 0.2) is 0 Å². The van der Waals surface area contributed by atoms with Gasteiger partial charge in [-0.1, -0.05) is 30.3 Å². The van der Waals surface area contributed by atoms with Crippen molar-refractivity contribution in [1.82, 2.24) is 10.3 Å². The number of methoxy groups -OCH3 is 1. The monoisotopic (exact) mass is 492 g/mol. The molecule has 3 rings (SSSR count). The van der Waals surface area contributed by atoms with Crippen molar-refractivity contribution in [2.75, 3.05) is 17.3 Å². The first-order chi connectivity index (χ1) is 17.3. The Labute approximate surface area is 209 Å². The van der Waals surface area contributed by atoms with Crippen LogP contribution >= 0.6 is 0 Å². The van der Waals surface area contributed by atoms with Crippen molar-refractivity contribution in [3.63, 3.8) is 0 Å². The van der Waals surface area contributed by atoms with Crippen molar-refractivity contribution in [2.24, 2.45) is 0 Å². The Bertz CT molecular complexity index is 1190. The zero-order chi connectivity index (χ0) is 26.1. The number of pyridine rings is 1. The number of aromatic nitrogens is 1. The number of nitrogens with zero attached hydrogens (tertiary/aromatic N) is 2. The Morgan fingerprint density at radius 1 is 0.972 bits per heavy atom. The van der Waals surface area contributed by atoms with Crippen LogP contribution in [0.4, 0.5) is 15.9 Å². The summed E-state index contributed by atoms with van der Waals surface area (Å²) in [6.07, 6.45) is 1.22. The summed E-state index contributed by atoms with van der Waals surface area (Å²) in [5.74, 6) is -1.06. The Hall–Kier alpha value is -4.27. The number of carbonyl (C=O) groups is 3. The minimum Gasteiger partial charge on any atom is -0.495 e. The van der Waals surface area contributed by atoms with Gasteiger partial charge in [0, 0.05) is 25.1 Å². The van der Waals surface area contributed by atoms with Crippen molar-refractivity contribution in [3.05, 3.63) is 84.3 Å². The second kappa shape index (κ2) is 12.4. The zero-order valence-corrected chi connectivity index (χ0v) is 20.4. The van der Waals surface area contributed by atoms with Gasteiger partial charge in [-0.3, -0.25) is 19.3 Å². The Morgan fingerprint density at radius 2 is 1.67 bits per heavy atom. The third kappa shape index (κ3) is 6.88. The van der Waals surface area contributed by atoms with E-state index in [4.69, 9.17) is 4.74 Å². The highest BCUT2D eigenvalue weighted by Crippen LogP contribution is 2.35. The molecule has 3 amide bonds. The van der Waals surface area contributed by atoms with Crippen LogP contribution in [0.2, 0.25) is 0 Å². The molecule has 0 bridgehead atoms. The van der Waals surface area contributed by atoms with Gasteiger partial charge in [-0.25, -0.2) is 9.37 Å². The van der Waals surface area contributed by atoms with E-state index in [1.54, 1.807) is 62.5 Å². The number of carbonyl (C=O) groups excluding carboxylic acids is 3. The predicted molar refractivity (Wildman–Crippen MR) is 135 cm³/mol. The topological polar surface area (TPSA) is 101 Å². The lowest BCUT2D eigenvalue weighted by molar-refractivity contribution is -0.127. The highest BCUT2D eigenvalue weighted by molar-refractivity contribution is 6.04. The first kappa shape index (κ1) is 26.3. The Morgan fingerprint density at radius 3 is 2.31 bits per heavy atom. The number of amides is 3. The van der Waals surface area contributed by atoms with Crippen LogP contribution in [0.3, 0.4) is 0 Å². The summed E-state index contributed by atoms with van der Waals surface area (Å²) in [5, 5.41) is 5.49. The number of para-hydroxylation sites is 2. The van der Waals surface area contributed by atoms with Gasteiger partial charge in [0.25, 0.3) is 0 Å². The van der Waals surface area contributed by atoms with Gasteiger partial charge >= 0.3 is 0 Å². The predicted octanol–water partition coefficient (Wildman–Crippen LogP) is 4.25. The first-order valence-electron chi connectivity index (χ1n) is 11.5. The van der Waals surface area contributed by atoms with Gasteiger partial charge < -0.3 is 15.4 Å². The lowest BCUT2D eigenvalue weighted by Crippen LogP contribution is -2.46. The van der Waals surface area contributed by atoms with E-state index >= 15 is 0 Å². The maximum Gasteiger partial charge on any atom is 0.248 e. The molecule has 1 atom stereocenters. The van der Waals surface area contributed by atoms with Gasteiger partial charge in [0.2, 0.25) is 17.7 Å². The van der Waals surface area contributed by atoms with Crippen molar-refractivity contribution < 1.29 is 23.5 Å². The van der Waals surface area contributed by atoms with Crippen LogP contribution in [-0.4, -0.2) is 35.9 Å². The summed E-state index contributed by atoms with van der Waals surface area (Å²) in [6, 6.07) is 15.9. The molecule has 0 saturated carbocycles. The van der Waals surface area contributed by atoms with Crippen molar-refractivity contribution in [1.29, 1.82) is 0 Å². The second-order valence-corrected chi connectivity index (χ2v) is 8.32. The van der Waals surface area contributed by atoms with Crippen LogP contribution in [0, 0.1) is 5.82 Å². The maximum atomic E-state index is 13.7. The van der Waals surface area contributed by atoms with Gasteiger partial charge in [0.05, 0.1) is 12.8 Å². The van der Waals surface area contributed by atoms with Gasteiger partial charge in [-0.05, 0) is 55.8 Å². The fourth-order valence-corrected chi connectivity index (χ4v) is 3.66. The van der Waals surface area contributed by atoms with E-state index in [9.17, 15) is 18.8 Å². The van der Waals surface area contributed by atoms with Gasteiger partial charge in [-0.15, -0.1) is 0 Å². The number of hydrogen-bond donors (Lipinski definition) is 2. The van der Waals surface area contributed by atoms with E-state index in [0.29, 0.717) is 22.8 Å². The Kier molecular flexibility index (Phi) is 9.10. The number of halogens is 1. The molecular formula is C27H29FN4O4. The minimum atomic E-state index is -1.13. The highest BCUT2D eigenvalue weighted by Gasteiger charge is 2.34. The van der Waals surface area contributed by atoms with Crippen LogP contribution in [0.25, 0.3) is 0 Å². The number of benzene rings is 2. The average molecular weight is 493 g/mol. The van der Waals surface area contributed by atoms with E-state index in [1.807, 2.05) is 0 Å². The number of anilines is 2. The fourth-order valence-electron chi connectivity index (χ4n) is 3.66. The van der Waals surface area contributed by atoms with Crippen LogP contribution in [0.5, 0.6) is 5.75 Å². The molecule has 0 radical (unpaired) electrons. The summed E-state index contributed by atoms with van der Waals surface area (Å²) in [6.45, 7) is 3.60. The molecule has 1 heterocycles. The molecule has 0 spiro atoms. The smallest absolute Gasteiger partial charge is 0.248 e. The maximum absolute atomic E-state index is 13.7. The highest BCUT2D eigenvalue weighted by atomic mass is 19.1. The van der Waals surface area contributed by atoms with Gasteiger partial charge in [0.1, 0.15) is 23.4 Å². The second-order valence-electron chi connectivity index (χ2n) is 8.32. The quantitative estimate of drug-likeness (QED) is 0.441. The number of ether oxygens (including phenoxy) is 1. The third-order valence-corrected chi connectivity index (χ3v) is 5.23. The molecule has 36 heavy (non-hydrogen) atoms. The molecule has 0 unspecified atom stereocenters. The molecular weight excluding hydrogens is 463 g/mol. The van der Waals surface area contributed by atoms with Crippen LogP contribution in [-0.2, 0) is 14.4 Å². The van der Waals surface area contributed by atoms with E-state index in [0.717, 1.165) is 0 Å². The summed E-state index contributed by atoms with van der Waals surface area (Å²) >= 11 is 0. The largest absolute Gasteiger partial charge is 0.495 e. The first-order valence-corrected chi connectivity index (χ1v) is 11.5. The molecule has 0 saturated heterocycles. The molecule has 2 aromatic carbocycles. The van der Waals surface area contributed by atoms with E-state index in [-0.39, 0.29) is 18.9 Å². The molecule has 1 aromatic heterocycles. The normalized spacial score (nSPS) is 11.5. The summed E-state index contributed by atoms with van der Waals surface area (Å²) in [4.78, 5) is 44.9. The van der Waals surface area contributed by atoms with Crippen molar-refractivity contribution in [2.45, 2.75) is 38.8 Å². The van der Waals surface area contributed by atoms with Crippen molar-refractivity contribution >= 4 is 29.2 Å². The summed E-state index contributed by atoms with van der Waals surface area (Å²) in [5.41, 5.74) is 0.759. The van der Waals surface area contributed by atoms with Crippen LogP contribution < -0.4 is 20.3 Å². The molecule has 2 N–H and O–H groups in total.